The average molecular weight is 271 g/mol. The van der Waals surface area contributed by atoms with Crippen LogP contribution in [0.2, 0.25) is 0 Å². The zero-order chi connectivity index (χ0) is 12.3. The first-order chi connectivity index (χ1) is 8.19. The second-order valence-corrected chi connectivity index (χ2v) is 4.89. The molecule has 1 aromatic rings. The molecule has 0 aliphatic carbocycles. The predicted molar refractivity (Wildman–Crippen MR) is 77.7 cm³/mol. The lowest BCUT2D eigenvalue weighted by molar-refractivity contribution is 0.199. The van der Waals surface area contributed by atoms with Crippen molar-refractivity contribution in [3.05, 3.63) is 29.3 Å². The number of methoxy groups -OCH3 is 1. The predicted octanol–water partition coefficient (Wildman–Crippen LogP) is 2.22. The Balaban J connectivity index is 0.00000162. The number of ether oxygens (including phenoxy) is 1. The van der Waals surface area contributed by atoms with Crippen molar-refractivity contribution < 1.29 is 4.74 Å². The Morgan fingerprint density at radius 1 is 1.44 bits per heavy atom. The smallest absolute Gasteiger partial charge is 0.121 e. The topological polar surface area (TPSA) is 24.5 Å². The first-order valence-corrected chi connectivity index (χ1v) is 6.28. The highest BCUT2D eigenvalue weighted by molar-refractivity contribution is 5.85. The molecular weight excluding hydrogens is 248 g/mol. The van der Waals surface area contributed by atoms with Crippen LogP contribution in [0.3, 0.4) is 0 Å². The molecule has 4 heteroatoms. The number of piperazine rings is 1. The second kappa shape index (κ2) is 6.98. The van der Waals surface area contributed by atoms with E-state index in [1.165, 1.54) is 11.1 Å². The van der Waals surface area contributed by atoms with Gasteiger partial charge in [0.2, 0.25) is 0 Å². The van der Waals surface area contributed by atoms with Crippen LogP contribution in [-0.2, 0) is 6.54 Å². The average Bonchev–Trinajstić information content (AvgIpc) is 2.29. The summed E-state index contributed by atoms with van der Waals surface area (Å²) in [6.45, 7) is 8.74. The highest BCUT2D eigenvalue weighted by Gasteiger charge is 2.15. The summed E-state index contributed by atoms with van der Waals surface area (Å²) in [4.78, 5) is 2.50. The third-order valence-electron chi connectivity index (χ3n) is 3.32. The largest absolute Gasteiger partial charge is 0.496 e. The molecule has 1 atom stereocenters. The molecule has 1 aliphatic rings. The Hall–Kier alpha value is -0.770. The van der Waals surface area contributed by atoms with Gasteiger partial charge in [0.25, 0.3) is 0 Å². The van der Waals surface area contributed by atoms with Crippen LogP contribution in [0.4, 0.5) is 0 Å². The number of halogens is 1. The number of nitrogens with zero attached hydrogens (tertiary/aromatic N) is 1. The third-order valence-corrected chi connectivity index (χ3v) is 3.32. The van der Waals surface area contributed by atoms with Crippen molar-refractivity contribution in [1.82, 2.24) is 10.2 Å². The molecule has 1 aromatic carbocycles. The van der Waals surface area contributed by atoms with Gasteiger partial charge in [-0.15, -0.1) is 12.4 Å². The van der Waals surface area contributed by atoms with Crippen LogP contribution < -0.4 is 10.1 Å². The summed E-state index contributed by atoms with van der Waals surface area (Å²) in [5.41, 5.74) is 2.59. The highest BCUT2D eigenvalue weighted by atomic mass is 35.5. The van der Waals surface area contributed by atoms with Gasteiger partial charge in [-0.1, -0.05) is 12.1 Å². The third kappa shape index (κ3) is 3.87. The first-order valence-electron chi connectivity index (χ1n) is 6.28. The molecule has 2 rings (SSSR count). The van der Waals surface area contributed by atoms with Crippen molar-refractivity contribution in [2.24, 2.45) is 0 Å². The number of benzene rings is 1. The quantitative estimate of drug-likeness (QED) is 0.912. The van der Waals surface area contributed by atoms with Gasteiger partial charge in [0.05, 0.1) is 7.11 Å². The number of nitrogens with one attached hydrogen (secondary N) is 1. The summed E-state index contributed by atoms with van der Waals surface area (Å²) < 4.78 is 5.28. The minimum atomic E-state index is 0. The van der Waals surface area contributed by atoms with E-state index in [0.29, 0.717) is 6.04 Å². The Morgan fingerprint density at radius 3 is 2.83 bits per heavy atom. The minimum Gasteiger partial charge on any atom is -0.496 e. The monoisotopic (exact) mass is 270 g/mol. The molecule has 3 nitrogen and oxygen atoms in total. The lowest BCUT2D eigenvalue weighted by Gasteiger charge is -2.31. The van der Waals surface area contributed by atoms with E-state index in [-0.39, 0.29) is 12.4 Å². The SMILES string of the molecule is COc1ccc(CN2CCN[C@@H](C)C2)cc1C.Cl. The van der Waals surface area contributed by atoms with E-state index in [1.54, 1.807) is 7.11 Å². The molecule has 1 fully saturated rings. The summed E-state index contributed by atoms with van der Waals surface area (Å²) >= 11 is 0. The molecule has 1 aliphatic heterocycles. The van der Waals surface area contributed by atoms with Crippen molar-refractivity contribution >= 4 is 12.4 Å². The molecule has 0 unspecified atom stereocenters. The maximum atomic E-state index is 5.28. The molecule has 1 N–H and O–H groups in total. The molecule has 0 amide bonds. The lowest BCUT2D eigenvalue weighted by Crippen LogP contribution is -2.48. The lowest BCUT2D eigenvalue weighted by atomic mass is 10.1. The van der Waals surface area contributed by atoms with Crippen LogP contribution in [0.1, 0.15) is 18.1 Å². The van der Waals surface area contributed by atoms with E-state index in [1.807, 2.05) is 0 Å². The zero-order valence-corrected chi connectivity index (χ0v) is 12.2. The van der Waals surface area contributed by atoms with E-state index < -0.39 is 0 Å². The fourth-order valence-electron chi connectivity index (χ4n) is 2.45. The maximum absolute atomic E-state index is 5.28. The Morgan fingerprint density at radius 2 is 2.22 bits per heavy atom. The summed E-state index contributed by atoms with van der Waals surface area (Å²) in [6, 6.07) is 7.06. The minimum absolute atomic E-state index is 0. The van der Waals surface area contributed by atoms with Crippen molar-refractivity contribution in [3.8, 4) is 5.75 Å². The van der Waals surface area contributed by atoms with E-state index in [4.69, 9.17) is 4.74 Å². The number of rotatable bonds is 3. The van der Waals surface area contributed by atoms with Crippen LogP contribution in [0.25, 0.3) is 0 Å². The van der Waals surface area contributed by atoms with E-state index >= 15 is 0 Å². The van der Waals surface area contributed by atoms with Crippen LogP contribution in [0.5, 0.6) is 5.75 Å². The normalized spacial score (nSPS) is 20.3. The van der Waals surface area contributed by atoms with Crippen molar-refractivity contribution in [2.45, 2.75) is 26.4 Å². The highest BCUT2D eigenvalue weighted by Crippen LogP contribution is 2.19. The van der Waals surface area contributed by atoms with Gasteiger partial charge >= 0.3 is 0 Å². The van der Waals surface area contributed by atoms with Gasteiger partial charge in [0.1, 0.15) is 5.75 Å². The number of aryl methyl sites for hydroxylation is 1. The summed E-state index contributed by atoms with van der Waals surface area (Å²) in [6.07, 6.45) is 0. The molecule has 102 valence electrons. The van der Waals surface area contributed by atoms with E-state index in [0.717, 1.165) is 31.9 Å². The van der Waals surface area contributed by atoms with Crippen LogP contribution >= 0.6 is 12.4 Å². The molecule has 0 bridgehead atoms. The molecular formula is C14H23ClN2O. The first kappa shape index (κ1) is 15.3. The molecule has 0 spiro atoms. The second-order valence-electron chi connectivity index (χ2n) is 4.89. The van der Waals surface area contributed by atoms with Gasteiger partial charge < -0.3 is 10.1 Å². The fourth-order valence-corrected chi connectivity index (χ4v) is 2.45. The van der Waals surface area contributed by atoms with Gasteiger partial charge in [-0.05, 0) is 31.0 Å². The maximum Gasteiger partial charge on any atom is 0.121 e. The van der Waals surface area contributed by atoms with E-state index in [9.17, 15) is 0 Å². The fraction of sp³-hybridized carbons (Fsp3) is 0.571. The van der Waals surface area contributed by atoms with Gasteiger partial charge in [-0.3, -0.25) is 4.90 Å². The van der Waals surface area contributed by atoms with Crippen molar-refractivity contribution in [3.63, 3.8) is 0 Å². The molecule has 0 aromatic heterocycles. The summed E-state index contributed by atoms with van der Waals surface area (Å²) in [5.74, 6) is 0.974. The van der Waals surface area contributed by atoms with Crippen molar-refractivity contribution in [2.75, 3.05) is 26.7 Å². The molecule has 1 saturated heterocycles. The molecule has 18 heavy (non-hydrogen) atoms. The Labute approximate surface area is 116 Å². The van der Waals surface area contributed by atoms with Crippen LogP contribution in [0.15, 0.2) is 18.2 Å². The van der Waals surface area contributed by atoms with Gasteiger partial charge in [0.15, 0.2) is 0 Å². The van der Waals surface area contributed by atoms with E-state index in [2.05, 4.69) is 42.3 Å². The number of hydrogen-bond donors (Lipinski definition) is 1. The van der Waals surface area contributed by atoms with Crippen LogP contribution in [0, 0.1) is 6.92 Å². The van der Waals surface area contributed by atoms with Crippen LogP contribution in [-0.4, -0.2) is 37.7 Å². The molecule has 0 saturated carbocycles. The van der Waals surface area contributed by atoms with Crippen molar-refractivity contribution in [1.29, 1.82) is 0 Å². The summed E-state index contributed by atoms with van der Waals surface area (Å²) in [7, 11) is 1.72. The molecule has 1 heterocycles. The Kier molecular flexibility index (Phi) is 5.93. The van der Waals surface area contributed by atoms with Gasteiger partial charge in [0, 0.05) is 32.2 Å². The van der Waals surface area contributed by atoms with Gasteiger partial charge in [-0.2, -0.15) is 0 Å². The Bertz CT molecular complexity index is 384. The zero-order valence-electron chi connectivity index (χ0n) is 11.4. The summed E-state index contributed by atoms with van der Waals surface area (Å²) in [5, 5.41) is 3.47. The standard InChI is InChI=1S/C14H22N2O.ClH/c1-11-8-13(4-5-14(11)17-3)10-16-7-6-15-12(2)9-16;/h4-5,8,12,15H,6-7,9-10H2,1-3H3;1H/t12-;/m0./s1. The van der Waals surface area contributed by atoms with Gasteiger partial charge in [-0.25, -0.2) is 0 Å². The number of hydrogen-bond acceptors (Lipinski definition) is 3. The molecule has 0 radical (unpaired) electrons.